The highest BCUT2D eigenvalue weighted by Crippen LogP contribution is 2.18. The average molecular weight is 459 g/mol. The summed E-state index contributed by atoms with van der Waals surface area (Å²) in [5.74, 6) is -1.33. The monoisotopic (exact) mass is 458 g/mol. The largest absolute Gasteiger partial charge is 0.484 e. The second-order valence-electron chi connectivity index (χ2n) is 6.36. The third-order valence-corrected chi connectivity index (χ3v) is 4.38. The van der Waals surface area contributed by atoms with Gasteiger partial charge in [-0.2, -0.15) is 5.10 Å². The molecular weight excluding hydrogens is 440 g/mol. The number of ether oxygens (including phenoxy) is 1. The first-order valence-corrected chi connectivity index (χ1v) is 9.71. The van der Waals surface area contributed by atoms with Crippen molar-refractivity contribution in [3.8, 4) is 5.75 Å². The van der Waals surface area contributed by atoms with Gasteiger partial charge in [-0.15, -0.1) is 0 Å². The minimum Gasteiger partial charge on any atom is -0.484 e. The first kappa shape index (κ1) is 20.5. The van der Waals surface area contributed by atoms with Gasteiger partial charge >= 0.3 is 11.8 Å². The van der Waals surface area contributed by atoms with Gasteiger partial charge < -0.3 is 15.4 Å². The fourth-order valence-electron chi connectivity index (χ4n) is 2.26. The van der Waals surface area contributed by atoms with Crippen molar-refractivity contribution in [1.29, 1.82) is 0 Å². The van der Waals surface area contributed by atoms with Crippen molar-refractivity contribution in [2.75, 3.05) is 11.9 Å². The molecule has 0 spiro atoms. The molecule has 3 N–H and O–H groups in total. The number of carbonyl (C=O) groups excluding carboxylic acids is 3. The number of carbonyl (C=O) groups is 3. The van der Waals surface area contributed by atoms with E-state index in [1.807, 2.05) is 12.1 Å². The zero-order chi connectivity index (χ0) is 20.6. The Kier molecular flexibility index (Phi) is 6.96. The Labute approximate surface area is 175 Å². The molecule has 3 amide bonds. The molecular formula is C20H19BrN4O4. The highest BCUT2D eigenvalue weighted by atomic mass is 79.9. The molecule has 1 fully saturated rings. The second kappa shape index (κ2) is 9.83. The highest BCUT2D eigenvalue weighted by molar-refractivity contribution is 9.10. The molecule has 2 aromatic carbocycles. The third-order valence-electron chi connectivity index (χ3n) is 3.85. The van der Waals surface area contributed by atoms with Crippen LogP contribution >= 0.6 is 15.9 Å². The lowest BCUT2D eigenvalue weighted by Gasteiger charge is -2.08. The van der Waals surface area contributed by atoms with E-state index in [0.29, 0.717) is 17.0 Å². The number of amides is 3. The molecule has 9 heteroatoms. The number of benzene rings is 2. The number of nitrogens with one attached hydrogen (secondary N) is 3. The molecule has 8 nitrogen and oxygen atoms in total. The Bertz CT molecular complexity index is 926. The van der Waals surface area contributed by atoms with Gasteiger partial charge in [0.15, 0.2) is 6.61 Å². The van der Waals surface area contributed by atoms with E-state index in [9.17, 15) is 14.4 Å². The number of hydrogen-bond donors (Lipinski definition) is 3. The minimum absolute atomic E-state index is 0.104. The van der Waals surface area contributed by atoms with Crippen molar-refractivity contribution in [1.82, 2.24) is 10.7 Å². The lowest BCUT2D eigenvalue weighted by atomic mass is 10.2. The molecule has 0 bridgehead atoms. The van der Waals surface area contributed by atoms with Crippen LogP contribution in [0.5, 0.6) is 5.75 Å². The first-order chi connectivity index (χ1) is 14.0. The van der Waals surface area contributed by atoms with E-state index in [-0.39, 0.29) is 18.6 Å². The predicted molar refractivity (Wildman–Crippen MR) is 112 cm³/mol. The van der Waals surface area contributed by atoms with Gasteiger partial charge in [-0.25, -0.2) is 5.43 Å². The summed E-state index contributed by atoms with van der Waals surface area (Å²) in [5, 5.41) is 9.07. The predicted octanol–water partition coefficient (Wildman–Crippen LogP) is 2.20. The highest BCUT2D eigenvalue weighted by Gasteiger charge is 2.26. The summed E-state index contributed by atoms with van der Waals surface area (Å²) < 4.78 is 6.41. The smallest absolute Gasteiger partial charge is 0.329 e. The van der Waals surface area contributed by atoms with Crippen LogP contribution in [0.4, 0.5) is 5.69 Å². The molecule has 150 valence electrons. The lowest BCUT2D eigenvalue weighted by Crippen LogP contribution is -2.38. The van der Waals surface area contributed by atoms with Gasteiger partial charge in [-0.1, -0.05) is 28.1 Å². The molecule has 0 aromatic heterocycles. The molecule has 1 aliphatic carbocycles. The quantitative estimate of drug-likeness (QED) is 0.335. The van der Waals surface area contributed by atoms with E-state index in [0.717, 1.165) is 17.3 Å². The minimum atomic E-state index is -0.815. The number of nitrogens with zero attached hydrogens (tertiary/aromatic N) is 1. The maximum Gasteiger partial charge on any atom is 0.329 e. The average Bonchev–Trinajstić information content (AvgIpc) is 3.52. The van der Waals surface area contributed by atoms with Crippen LogP contribution in [-0.4, -0.2) is 36.6 Å². The third kappa shape index (κ3) is 7.04. The molecule has 2 aromatic rings. The van der Waals surface area contributed by atoms with Crippen LogP contribution in [0.25, 0.3) is 0 Å². The molecule has 0 aliphatic heterocycles. The van der Waals surface area contributed by atoms with Crippen molar-refractivity contribution in [3.05, 3.63) is 58.6 Å². The number of rotatable bonds is 7. The standard InChI is InChI=1S/C20H19BrN4O4/c21-14-4-6-15(7-5-14)23-18(26)12-29-17-3-1-2-13(10-17)11-22-25-20(28)19(27)24-16-8-9-16/h1-7,10-11,16H,8-9,12H2,(H,23,26)(H,24,27)(H,25,28)/b22-11-. The van der Waals surface area contributed by atoms with Crippen molar-refractivity contribution in [2.24, 2.45) is 5.10 Å². The molecule has 3 rings (SSSR count). The second-order valence-corrected chi connectivity index (χ2v) is 7.28. The van der Waals surface area contributed by atoms with Gasteiger partial charge in [-0.3, -0.25) is 14.4 Å². The molecule has 0 radical (unpaired) electrons. The summed E-state index contributed by atoms with van der Waals surface area (Å²) in [6, 6.07) is 14.1. The molecule has 0 atom stereocenters. The Hall–Kier alpha value is -3.20. The zero-order valence-corrected chi connectivity index (χ0v) is 16.9. The molecule has 0 saturated heterocycles. The zero-order valence-electron chi connectivity index (χ0n) is 15.4. The summed E-state index contributed by atoms with van der Waals surface area (Å²) in [6.07, 6.45) is 3.18. The lowest BCUT2D eigenvalue weighted by molar-refractivity contribution is -0.139. The van der Waals surface area contributed by atoms with Crippen molar-refractivity contribution < 1.29 is 19.1 Å². The van der Waals surface area contributed by atoms with Crippen LogP contribution in [-0.2, 0) is 14.4 Å². The summed E-state index contributed by atoms with van der Waals surface area (Å²) in [6.45, 7) is -0.158. The van der Waals surface area contributed by atoms with Crippen LogP contribution in [0, 0.1) is 0 Å². The molecule has 0 unspecified atom stereocenters. The van der Waals surface area contributed by atoms with Gasteiger partial charge in [0.05, 0.1) is 6.21 Å². The fraction of sp³-hybridized carbons (Fsp3) is 0.200. The van der Waals surface area contributed by atoms with Crippen LogP contribution in [0.2, 0.25) is 0 Å². The van der Waals surface area contributed by atoms with E-state index in [2.05, 4.69) is 37.1 Å². The Morgan fingerprint density at radius 3 is 2.59 bits per heavy atom. The number of hydrazone groups is 1. The van der Waals surface area contributed by atoms with Crippen LogP contribution < -0.4 is 20.8 Å². The van der Waals surface area contributed by atoms with Gasteiger partial charge in [0.2, 0.25) is 0 Å². The van der Waals surface area contributed by atoms with Crippen molar-refractivity contribution in [2.45, 2.75) is 18.9 Å². The van der Waals surface area contributed by atoms with Crippen LogP contribution in [0.1, 0.15) is 18.4 Å². The maximum atomic E-state index is 12.0. The molecule has 1 aliphatic rings. The SMILES string of the molecule is O=C(COc1cccc(/C=N\NC(=O)C(=O)NC2CC2)c1)Nc1ccc(Br)cc1. The summed E-state index contributed by atoms with van der Waals surface area (Å²) in [5.41, 5.74) is 3.48. The van der Waals surface area contributed by atoms with E-state index >= 15 is 0 Å². The number of halogens is 1. The van der Waals surface area contributed by atoms with Crippen molar-refractivity contribution in [3.63, 3.8) is 0 Å². The normalized spacial score (nSPS) is 13.0. The van der Waals surface area contributed by atoms with E-state index in [1.54, 1.807) is 36.4 Å². The fourth-order valence-corrected chi connectivity index (χ4v) is 2.52. The van der Waals surface area contributed by atoms with Gasteiger partial charge in [0, 0.05) is 16.2 Å². The summed E-state index contributed by atoms with van der Waals surface area (Å²) in [4.78, 5) is 35.1. The molecule has 0 heterocycles. The summed E-state index contributed by atoms with van der Waals surface area (Å²) >= 11 is 3.33. The molecule has 1 saturated carbocycles. The Balaban J connectivity index is 1.45. The van der Waals surface area contributed by atoms with Gasteiger partial charge in [-0.05, 0) is 54.8 Å². The van der Waals surface area contributed by atoms with Crippen LogP contribution in [0.15, 0.2) is 58.1 Å². The maximum absolute atomic E-state index is 12.0. The Morgan fingerprint density at radius 1 is 1.10 bits per heavy atom. The van der Waals surface area contributed by atoms with Gasteiger partial charge in [0.1, 0.15) is 5.75 Å². The summed E-state index contributed by atoms with van der Waals surface area (Å²) in [7, 11) is 0. The molecule has 29 heavy (non-hydrogen) atoms. The van der Waals surface area contributed by atoms with E-state index in [1.165, 1.54) is 6.21 Å². The number of hydrogen-bond acceptors (Lipinski definition) is 5. The van der Waals surface area contributed by atoms with Gasteiger partial charge in [0.25, 0.3) is 5.91 Å². The topological polar surface area (TPSA) is 109 Å². The van der Waals surface area contributed by atoms with Crippen LogP contribution in [0.3, 0.4) is 0 Å². The van der Waals surface area contributed by atoms with E-state index in [4.69, 9.17) is 4.74 Å². The van der Waals surface area contributed by atoms with Crippen molar-refractivity contribution >= 4 is 45.6 Å². The Morgan fingerprint density at radius 2 is 1.86 bits per heavy atom. The first-order valence-electron chi connectivity index (χ1n) is 8.92. The number of anilines is 1. The van der Waals surface area contributed by atoms with E-state index < -0.39 is 11.8 Å².